The fraction of sp³-hybridized carbons (Fsp3) is 0.500. The van der Waals surface area contributed by atoms with Gasteiger partial charge in [0, 0.05) is 24.3 Å². The molecule has 3 nitrogen and oxygen atoms in total. The van der Waals surface area contributed by atoms with E-state index < -0.39 is 0 Å². The molecule has 1 aromatic rings. The summed E-state index contributed by atoms with van der Waals surface area (Å²) in [5.74, 6) is 0.0575. The lowest BCUT2D eigenvalue weighted by atomic mass is 9.93. The molecule has 0 atom stereocenters. The molecule has 0 aromatic heterocycles. The van der Waals surface area contributed by atoms with Crippen LogP contribution in [0.4, 0.5) is 5.69 Å². The van der Waals surface area contributed by atoms with E-state index in [1.807, 2.05) is 13.1 Å². The van der Waals surface area contributed by atoms with Crippen molar-refractivity contribution in [1.29, 1.82) is 5.26 Å². The van der Waals surface area contributed by atoms with E-state index in [1.165, 1.54) is 32.1 Å². The van der Waals surface area contributed by atoms with Crippen LogP contribution in [0.2, 0.25) is 0 Å². The van der Waals surface area contributed by atoms with Crippen LogP contribution in [0.25, 0.3) is 0 Å². The molecule has 1 aromatic carbocycles. The van der Waals surface area contributed by atoms with E-state index in [1.54, 1.807) is 19.1 Å². The first-order chi connectivity index (χ1) is 9.13. The largest absolute Gasteiger partial charge is 0.371 e. The van der Waals surface area contributed by atoms with Crippen molar-refractivity contribution in [3.8, 4) is 6.07 Å². The van der Waals surface area contributed by atoms with Crippen LogP contribution >= 0.6 is 0 Å². The summed E-state index contributed by atoms with van der Waals surface area (Å²) in [5, 5.41) is 9.03. The number of nitrogens with zero attached hydrogens (tertiary/aromatic N) is 2. The molecule has 0 radical (unpaired) electrons. The number of hydrogen-bond donors (Lipinski definition) is 0. The molecule has 0 unspecified atom stereocenters. The third-order valence-corrected chi connectivity index (χ3v) is 4.01. The Morgan fingerprint density at radius 2 is 2.00 bits per heavy atom. The average molecular weight is 256 g/mol. The molecule has 0 aliphatic heterocycles. The summed E-state index contributed by atoms with van der Waals surface area (Å²) >= 11 is 0. The zero-order valence-corrected chi connectivity index (χ0v) is 11.6. The average Bonchev–Trinajstić information content (AvgIpc) is 2.46. The Bertz CT molecular complexity index is 510. The molecular formula is C16H20N2O. The van der Waals surface area contributed by atoms with Crippen LogP contribution in [0, 0.1) is 11.3 Å². The number of benzene rings is 1. The van der Waals surface area contributed by atoms with Gasteiger partial charge >= 0.3 is 0 Å². The third kappa shape index (κ3) is 2.96. The van der Waals surface area contributed by atoms with Gasteiger partial charge in [-0.1, -0.05) is 19.3 Å². The summed E-state index contributed by atoms with van der Waals surface area (Å²) in [6.07, 6.45) is 6.15. The van der Waals surface area contributed by atoms with Gasteiger partial charge in [-0.3, -0.25) is 4.79 Å². The molecule has 3 heteroatoms. The zero-order valence-electron chi connectivity index (χ0n) is 11.6. The molecule has 1 fully saturated rings. The molecule has 1 saturated carbocycles. The summed E-state index contributed by atoms with van der Waals surface area (Å²) in [6, 6.07) is 7.97. The van der Waals surface area contributed by atoms with Gasteiger partial charge in [-0.15, -0.1) is 0 Å². The molecule has 19 heavy (non-hydrogen) atoms. The minimum Gasteiger partial charge on any atom is -0.371 e. The topological polar surface area (TPSA) is 44.1 Å². The molecule has 1 aliphatic carbocycles. The van der Waals surface area contributed by atoms with Crippen LogP contribution in [0.1, 0.15) is 54.9 Å². The van der Waals surface area contributed by atoms with Gasteiger partial charge in [-0.2, -0.15) is 5.26 Å². The van der Waals surface area contributed by atoms with Gasteiger partial charge < -0.3 is 4.90 Å². The molecule has 0 amide bonds. The molecule has 0 spiro atoms. The Kier molecular flexibility index (Phi) is 4.21. The molecule has 2 rings (SSSR count). The molecule has 0 saturated heterocycles. The van der Waals surface area contributed by atoms with E-state index in [2.05, 4.69) is 11.0 Å². The lowest BCUT2D eigenvalue weighted by Gasteiger charge is -2.34. The van der Waals surface area contributed by atoms with Gasteiger partial charge in [0.25, 0.3) is 0 Å². The lowest BCUT2D eigenvalue weighted by molar-refractivity contribution is 0.101. The maximum absolute atomic E-state index is 11.7. The van der Waals surface area contributed by atoms with E-state index in [0.717, 1.165) is 5.69 Å². The highest BCUT2D eigenvalue weighted by Crippen LogP contribution is 2.29. The monoisotopic (exact) mass is 256 g/mol. The Labute approximate surface area is 114 Å². The molecule has 0 bridgehead atoms. The highest BCUT2D eigenvalue weighted by molar-refractivity contribution is 6.00. The molecule has 1 aliphatic rings. The Morgan fingerprint density at radius 1 is 1.32 bits per heavy atom. The fourth-order valence-electron chi connectivity index (χ4n) is 2.86. The quantitative estimate of drug-likeness (QED) is 0.777. The number of carbonyl (C=O) groups excluding carboxylic acids is 1. The predicted molar refractivity (Wildman–Crippen MR) is 76.4 cm³/mol. The molecule has 100 valence electrons. The van der Waals surface area contributed by atoms with Crippen molar-refractivity contribution in [2.45, 2.75) is 45.1 Å². The standard InChI is InChI=1S/C16H20N2O/c1-12(19)15-9-8-13(11-17)10-16(15)18(2)14-6-4-3-5-7-14/h8-10,14H,3-7H2,1-2H3. The zero-order chi connectivity index (χ0) is 13.8. The summed E-state index contributed by atoms with van der Waals surface area (Å²) in [5.41, 5.74) is 2.23. The highest BCUT2D eigenvalue weighted by Gasteiger charge is 2.21. The number of ketones is 1. The van der Waals surface area contributed by atoms with E-state index in [0.29, 0.717) is 17.2 Å². The first-order valence-corrected chi connectivity index (χ1v) is 6.91. The van der Waals surface area contributed by atoms with Crippen LogP contribution in [0.3, 0.4) is 0 Å². The minimum atomic E-state index is 0.0575. The second-order valence-electron chi connectivity index (χ2n) is 5.30. The van der Waals surface area contributed by atoms with Crippen molar-refractivity contribution in [3.05, 3.63) is 29.3 Å². The van der Waals surface area contributed by atoms with Gasteiger partial charge in [0.15, 0.2) is 5.78 Å². The normalized spacial score (nSPS) is 15.8. The van der Waals surface area contributed by atoms with Gasteiger partial charge in [-0.25, -0.2) is 0 Å². The van der Waals surface area contributed by atoms with Gasteiger partial charge in [-0.05, 0) is 38.0 Å². The van der Waals surface area contributed by atoms with Gasteiger partial charge in [0.05, 0.1) is 11.6 Å². The summed E-state index contributed by atoms with van der Waals surface area (Å²) < 4.78 is 0. The molecule has 0 heterocycles. The van der Waals surface area contributed by atoms with E-state index >= 15 is 0 Å². The van der Waals surface area contributed by atoms with Crippen LogP contribution in [-0.4, -0.2) is 18.9 Å². The lowest BCUT2D eigenvalue weighted by Crippen LogP contribution is -2.34. The van der Waals surface area contributed by atoms with Gasteiger partial charge in [0.2, 0.25) is 0 Å². The number of rotatable bonds is 3. The fourth-order valence-corrected chi connectivity index (χ4v) is 2.86. The van der Waals surface area contributed by atoms with Crippen molar-refractivity contribution in [2.75, 3.05) is 11.9 Å². The van der Waals surface area contributed by atoms with Crippen LogP contribution in [0.5, 0.6) is 0 Å². The maximum atomic E-state index is 11.7. The minimum absolute atomic E-state index is 0.0575. The number of nitriles is 1. The van der Waals surface area contributed by atoms with E-state index in [9.17, 15) is 4.79 Å². The van der Waals surface area contributed by atoms with Crippen molar-refractivity contribution in [1.82, 2.24) is 0 Å². The summed E-state index contributed by atoms with van der Waals surface area (Å²) in [4.78, 5) is 13.9. The molecular weight excluding hydrogens is 236 g/mol. The number of hydrogen-bond acceptors (Lipinski definition) is 3. The van der Waals surface area contributed by atoms with E-state index in [-0.39, 0.29) is 5.78 Å². The second kappa shape index (κ2) is 5.88. The summed E-state index contributed by atoms with van der Waals surface area (Å²) in [6.45, 7) is 1.58. The first-order valence-electron chi connectivity index (χ1n) is 6.91. The van der Waals surface area contributed by atoms with Crippen molar-refractivity contribution in [2.24, 2.45) is 0 Å². The third-order valence-electron chi connectivity index (χ3n) is 4.01. The Morgan fingerprint density at radius 3 is 2.58 bits per heavy atom. The first kappa shape index (κ1) is 13.6. The van der Waals surface area contributed by atoms with Crippen molar-refractivity contribution < 1.29 is 4.79 Å². The number of carbonyl (C=O) groups is 1. The van der Waals surface area contributed by atoms with Crippen LogP contribution in [-0.2, 0) is 0 Å². The number of anilines is 1. The van der Waals surface area contributed by atoms with Crippen molar-refractivity contribution >= 4 is 11.5 Å². The van der Waals surface area contributed by atoms with Crippen molar-refractivity contribution in [3.63, 3.8) is 0 Å². The number of Topliss-reactive ketones (excluding diaryl/α,β-unsaturated/α-hetero) is 1. The van der Waals surface area contributed by atoms with Gasteiger partial charge in [0.1, 0.15) is 0 Å². The summed E-state index contributed by atoms with van der Waals surface area (Å²) in [7, 11) is 2.04. The van der Waals surface area contributed by atoms with E-state index in [4.69, 9.17) is 5.26 Å². The maximum Gasteiger partial charge on any atom is 0.161 e. The Balaban J connectivity index is 2.35. The Hall–Kier alpha value is -1.82. The molecule has 0 N–H and O–H groups in total. The van der Waals surface area contributed by atoms with Crippen LogP contribution < -0.4 is 4.90 Å². The second-order valence-corrected chi connectivity index (χ2v) is 5.30. The smallest absolute Gasteiger partial charge is 0.161 e. The predicted octanol–water partition coefficient (Wildman–Crippen LogP) is 3.53. The SMILES string of the molecule is CC(=O)c1ccc(C#N)cc1N(C)C1CCCCC1. The van der Waals surface area contributed by atoms with Crippen LogP contribution in [0.15, 0.2) is 18.2 Å². The highest BCUT2D eigenvalue weighted by atomic mass is 16.1.